The molecule has 0 spiro atoms. The van der Waals surface area contributed by atoms with Crippen LogP contribution < -0.4 is 10.9 Å². The number of anilines is 1. The number of carbonyl (C=O) groups is 1. The lowest BCUT2D eigenvalue weighted by Gasteiger charge is -2.26. The number of rotatable bonds is 11. The van der Waals surface area contributed by atoms with Crippen LogP contribution in [0.1, 0.15) is 30.9 Å². The van der Waals surface area contributed by atoms with Gasteiger partial charge in [0.05, 0.1) is 23.7 Å². The molecule has 1 amide bonds. The lowest BCUT2D eigenvalue weighted by molar-refractivity contribution is -0.122. The first-order valence-corrected chi connectivity index (χ1v) is 13.6. The smallest absolute Gasteiger partial charge is 0.267 e. The Morgan fingerprint density at radius 1 is 1.25 bits per heavy atom. The molecule has 2 aromatic heterocycles. The highest BCUT2D eigenvalue weighted by molar-refractivity contribution is 8.26. The maximum atomic E-state index is 13.5. The Labute approximate surface area is 220 Å². The molecule has 0 radical (unpaired) electrons. The first-order chi connectivity index (χ1) is 17.5. The third kappa shape index (κ3) is 6.33. The minimum absolute atomic E-state index is 0.187. The second kappa shape index (κ2) is 12.8. The van der Waals surface area contributed by atoms with E-state index >= 15 is 0 Å². The van der Waals surface area contributed by atoms with E-state index in [2.05, 4.69) is 10.2 Å². The average molecular weight is 532 g/mol. The molecule has 2 aliphatic rings. The van der Waals surface area contributed by atoms with Crippen LogP contribution in [-0.2, 0) is 14.3 Å². The zero-order valence-electron chi connectivity index (χ0n) is 20.8. The SMILES string of the molecule is CCOCCCN1C(=O)C(=Cc2c(NCCCN3CCOCC3)nc3c(C)cccn3c2=O)SC1=S. The van der Waals surface area contributed by atoms with Gasteiger partial charge in [0.2, 0.25) is 0 Å². The number of aromatic nitrogens is 2. The number of pyridine rings is 1. The number of aryl methyl sites for hydroxylation is 1. The van der Waals surface area contributed by atoms with Crippen molar-refractivity contribution in [3.8, 4) is 0 Å². The van der Waals surface area contributed by atoms with Crippen molar-refractivity contribution in [3.63, 3.8) is 0 Å². The van der Waals surface area contributed by atoms with Crippen LogP contribution in [0, 0.1) is 6.92 Å². The van der Waals surface area contributed by atoms with E-state index in [-0.39, 0.29) is 11.5 Å². The summed E-state index contributed by atoms with van der Waals surface area (Å²) in [7, 11) is 0. The van der Waals surface area contributed by atoms with E-state index < -0.39 is 0 Å². The van der Waals surface area contributed by atoms with Crippen molar-refractivity contribution < 1.29 is 14.3 Å². The van der Waals surface area contributed by atoms with Crippen LogP contribution in [0.4, 0.5) is 5.82 Å². The molecule has 0 aliphatic carbocycles. The number of ether oxygens (including phenoxy) is 2. The number of hydrogen-bond donors (Lipinski definition) is 1. The molecule has 4 heterocycles. The predicted octanol–water partition coefficient (Wildman–Crippen LogP) is 2.76. The lowest BCUT2D eigenvalue weighted by Crippen LogP contribution is -2.37. The summed E-state index contributed by atoms with van der Waals surface area (Å²) >= 11 is 6.67. The molecule has 0 saturated carbocycles. The number of nitrogens with zero attached hydrogens (tertiary/aromatic N) is 4. The van der Waals surface area contributed by atoms with Gasteiger partial charge in [-0.15, -0.1) is 0 Å². The molecule has 2 saturated heterocycles. The van der Waals surface area contributed by atoms with Crippen LogP contribution in [-0.4, -0.2) is 88.6 Å². The molecule has 0 atom stereocenters. The zero-order chi connectivity index (χ0) is 25.5. The van der Waals surface area contributed by atoms with Crippen molar-refractivity contribution in [1.29, 1.82) is 0 Å². The fraction of sp³-hybridized carbons (Fsp3) is 0.520. The highest BCUT2D eigenvalue weighted by atomic mass is 32.2. The molecule has 194 valence electrons. The Balaban J connectivity index is 1.56. The van der Waals surface area contributed by atoms with Crippen molar-refractivity contribution in [2.75, 3.05) is 64.5 Å². The molecular formula is C25H33N5O4S2. The van der Waals surface area contributed by atoms with Crippen LogP contribution in [0.2, 0.25) is 0 Å². The maximum Gasteiger partial charge on any atom is 0.267 e. The van der Waals surface area contributed by atoms with Gasteiger partial charge < -0.3 is 14.8 Å². The first-order valence-electron chi connectivity index (χ1n) is 12.4. The molecular weight excluding hydrogens is 498 g/mol. The van der Waals surface area contributed by atoms with Crippen LogP contribution in [0.15, 0.2) is 28.0 Å². The molecule has 0 aromatic carbocycles. The van der Waals surface area contributed by atoms with E-state index in [1.807, 2.05) is 26.0 Å². The fourth-order valence-electron chi connectivity index (χ4n) is 4.20. The second-order valence-electron chi connectivity index (χ2n) is 8.68. The van der Waals surface area contributed by atoms with E-state index in [0.29, 0.717) is 59.0 Å². The standard InChI is InChI=1S/C25H33N5O4S2/c1-3-33-14-6-11-30-24(32)20(36-25(30)35)17-19-21(26-8-5-9-28-12-15-34-16-13-28)27-22-18(2)7-4-10-29(22)23(19)31/h4,7,10,17,26H,3,5-6,8-9,11-16H2,1-2H3. The number of morpholine rings is 1. The van der Waals surface area contributed by atoms with E-state index in [9.17, 15) is 9.59 Å². The number of hydrogen-bond acceptors (Lipinski definition) is 9. The monoisotopic (exact) mass is 531 g/mol. The summed E-state index contributed by atoms with van der Waals surface area (Å²) in [6, 6.07) is 3.75. The third-order valence-corrected chi connectivity index (χ3v) is 7.53. The summed E-state index contributed by atoms with van der Waals surface area (Å²) < 4.78 is 12.8. The summed E-state index contributed by atoms with van der Waals surface area (Å²) in [6.07, 6.45) is 4.94. The summed E-state index contributed by atoms with van der Waals surface area (Å²) in [6.45, 7) is 10.6. The number of amides is 1. The minimum Gasteiger partial charge on any atom is -0.382 e. The molecule has 2 fully saturated rings. The fourth-order valence-corrected chi connectivity index (χ4v) is 5.49. The Kier molecular flexibility index (Phi) is 9.49. The molecule has 4 rings (SSSR count). The van der Waals surface area contributed by atoms with Gasteiger partial charge in [-0.2, -0.15) is 0 Å². The van der Waals surface area contributed by atoms with Gasteiger partial charge in [0.15, 0.2) is 0 Å². The first kappa shape index (κ1) is 26.7. The second-order valence-corrected chi connectivity index (χ2v) is 10.4. The normalized spacial score (nSPS) is 18.1. The average Bonchev–Trinajstić information content (AvgIpc) is 3.15. The van der Waals surface area contributed by atoms with Crippen molar-refractivity contribution in [1.82, 2.24) is 19.2 Å². The van der Waals surface area contributed by atoms with E-state index in [1.54, 1.807) is 17.2 Å². The highest BCUT2D eigenvalue weighted by Gasteiger charge is 2.32. The van der Waals surface area contributed by atoms with Crippen molar-refractivity contribution in [3.05, 3.63) is 44.7 Å². The van der Waals surface area contributed by atoms with Crippen molar-refractivity contribution >= 4 is 51.7 Å². The van der Waals surface area contributed by atoms with Gasteiger partial charge >= 0.3 is 0 Å². The Bertz CT molecular complexity index is 1190. The Hall–Kier alpha value is -2.31. The Morgan fingerprint density at radius 2 is 2.06 bits per heavy atom. The van der Waals surface area contributed by atoms with Crippen LogP contribution in [0.3, 0.4) is 0 Å². The molecule has 0 bridgehead atoms. The van der Waals surface area contributed by atoms with E-state index in [4.69, 9.17) is 26.7 Å². The topological polar surface area (TPSA) is 88.4 Å². The maximum absolute atomic E-state index is 13.5. The van der Waals surface area contributed by atoms with Crippen molar-refractivity contribution in [2.45, 2.75) is 26.7 Å². The van der Waals surface area contributed by atoms with Crippen LogP contribution in [0.5, 0.6) is 0 Å². The summed E-state index contributed by atoms with van der Waals surface area (Å²) in [5.41, 5.74) is 1.64. The number of nitrogens with one attached hydrogen (secondary N) is 1. The Morgan fingerprint density at radius 3 is 2.83 bits per heavy atom. The van der Waals surface area contributed by atoms with Crippen molar-refractivity contribution in [2.24, 2.45) is 0 Å². The van der Waals surface area contributed by atoms with Gasteiger partial charge in [-0.05, 0) is 50.9 Å². The summed E-state index contributed by atoms with van der Waals surface area (Å²) in [5.74, 6) is 0.298. The van der Waals surface area contributed by atoms with E-state index in [1.165, 1.54) is 16.2 Å². The third-order valence-electron chi connectivity index (χ3n) is 6.16. The molecule has 11 heteroatoms. The van der Waals surface area contributed by atoms with E-state index in [0.717, 1.165) is 44.8 Å². The number of thiocarbonyl (C=S) groups is 1. The quantitative estimate of drug-likeness (QED) is 0.267. The number of carbonyl (C=O) groups excluding carboxylic acids is 1. The molecule has 36 heavy (non-hydrogen) atoms. The minimum atomic E-state index is -0.221. The van der Waals surface area contributed by atoms with Crippen LogP contribution >= 0.6 is 24.0 Å². The molecule has 0 unspecified atom stereocenters. The molecule has 2 aliphatic heterocycles. The van der Waals surface area contributed by atoms with Gasteiger partial charge in [0, 0.05) is 45.6 Å². The number of thioether (sulfide) groups is 1. The van der Waals surface area contributed by atoms with Gasteiger partial charge in [-0.25, -0.2) is 4.98 Å². The lowest BCUT2D eigenvalue weighted by atomic mass is 10.2. The predicted molar refractivity (Wildman–Crippen MR) is 148 cm³/mol. The summed E-state index contributed by atoms with van der Waals surface area (Å²) in [5, 5.41) is 3.36. The number of fused-ring (bicyclic) bond motifs is 1. The molecule has 1 N–H and O–H groups in total. The molecule has 9 nitrogen and oxygen atoms in total. The molecule has 2 aromatic rings. The summed E-state index contributed by atoms with van der Waals surface area (Å²) in [4.78, 5) is 35.8. The zero-order valence-corrected chi connectivity index (χ0v) is 22.5. The van der Waals surface area contributed by atoms with Crippen LogP contribution in [0.25, 0.3) is 11.7 Å². The van der Waals surface area contributed by atoms with Gasteiger partial charge in [0.1, 0.15) is 15.8 Å². The van der Waals surface area contributed by atoms with Gasteiger partial charge in [-0.3, -0.25) is 23.8 Å². The largest absolute Gasteiger partial charge is 0.382 e. The highest BCUT2D eigenvalue weighted by Crippen LogP contribution is 2.33. The van der Waals surface area contributed by atoms with Gasteiger partial charge in [0.25, 0.3) is 11.5 Å². The van der Waals surface area contributed by atoms with Gasteiger partial charge in [-0.1, -0.05) is 30.0 Å².